The molecule has 0 spiro atoms. The highest BCUT2D eigenvalue weighted by Crippen LogP contribution is 2.43. The van der Waals surface area contributed by atoms with E-state index >= 15 is 0 Å². The van der Waals surface area contributed by atoms with E-state index in [4.69, 9.17) is 13.8 Å². The number of carboxylic acid groups (broad SMARTS) is 1. The molecule has 3 atom stereocenters. The Morgan fingerprint density at radius 3 is 1.46 bits per heavy atom. The number of phosphoric ester groups is 1. The first kappa shape index (κ1) is 52.0. The van der Waals surface area contributed by atoms with Crippen LogP contribution in [0.2, 0.25) is 0 Å². The first-order valence-corrected chi connectivity index (χ1v) is 22.9. The smallest absolute Gasteiger partial charge is 0.472 e. The number of phosphoric acid groups is 1. The molecule has 0 rings (SSSR count). The van der Waals surface area contributed by atoms with E-state index in [-0.39, 0.29) is 12.8 Å². The maximum absolute atomic E-state index is 12.2. The summed E-state index contributed by atoms with van der Waals surface area (Å²) in [5.41, 5.74) is 0. The number of aliphatic carboxylic acids is 1. The molecular formula is C42H78NO10P. The third kappa shape index (κ3) is 36.9. The Morgan fingerprint density at radius 1 is 0.574 bits per heavy atom. The molecular weight excluding hydrogens is 709 g/mol. The molecule has 0 heterocycles. The second-order valence-corrected chi connectivity index (χ2v) is 16.0. The average molecular weight is 788 g/mol. The lowest BCUT2D eigenvalue weighted by atomic mass is 10.1. The summed E-state index contributed by atoms with van der Waals surface area (Å²) < 4.78 is 26.8. The number of hydrogen-bond donors (Lipinski definition) is 4. The van der Waals surface area contributed by atoms with Crippen LogP contribution in [0.3, 0.4) is 0 Å². The Hall–Kier alpha value is -2.04. The van der Waals surface area contributed by atoms with E-state index in [1.165, 1.54) is 96.3 Å². The van der Waals surface area contributed by atoms with E-state index in [1.807, 2.05) is 0 Å². The first-order valence-electron chi connectivity index (χ1n) is 21.4. The van der Waals surface area contributed by atoms with Crippen LogP contribution in [0, 0.1) is 0 Å². The Morgan fingerprint density at radius 2 is 0.981 bits per heavy atom. The van der Waals surface area contributed by atoms with Crippen molar-refractivity contribution in [2.75, 3.05) is 19.8 Å². The van der Waals surface area contributed by atoms with Gasteiger partial charge in [-0.1, -0.05) is 147 Å². The third-order valence-electron chi connectivity index (χ3n) is 9.21. The van der Waals surface area contributed by atoms with Crippen molar-refractivity contribution in [3.63, 3.8) is 0 Å². The molecule has 11 nitrogen and oxygen atoms in total. The van der Waals surface area contributed by atoms with Gasteiger partial charge in [-0.3, -0.25) is 18.6 Å². The largest absolute Gasteiger partial charge is 0.480 e. The van der Waals surface area contributed by atoms with Gasteiger partial charge in [0.2, 0.25) is 5.91 Å². The van der Waals surface area contributed by atoms with Gasteiger partial charge in [0.15, 0.2) is 6.04 Å². The van der Waals surface area contributed by atoms with Crippen LogP contribution >= 0.6 is 7.82 Å². The van der Waals surface area contributed by atoms with Crippen LogP contribution in [-0.2, 0) is 32.7 Å². The van der Waals surface area contributed by atoms with Crippen LogP contribution in [0.4, 0.5) is 0 Å². The summed E-state index contributed by atoms with van der Waals surface area (Å²) in [5.74, 6) is -2.39. The molecule has 1 amide bonds. The number of allylic oxidation sites excluding steroid dienone is 4. The summed E-state index contributed by atoms with van der Waals surface area (Å²) >= 11 is 0. The highest BCUT2D eigenvalue weighted by atomic mass is 31.2. The van der Waals surface area contributed by atoms with Gasteiger partial charge in [-0.2, -0.15) is 0 Å². The lowest BCUT2D eigenvalue weighted by molar-refractivity contribution is -0.147. The lowest BCUT2D eigenvalue weighted by Crippen LogP contribution is -2.43. The van der Waals surface area contributed by atoms with Crippen molar-refractivity contribution in [3.05, 3.63) is 24.3 Å². The van der Waals surface area contributed by atoms with Gasteiger partial charge in [0.05, 0.1) is 13.2 Å². The fourth-order valence-electron chi connectivity index (χ4n) is 5.82. The molecule has 0 aromatic carbocycles. The highest BCUT2D eigenvalue weighted by molar-refractivity contribution is 7.47. The SMILES string of the molecule is CCCC/C=C\CCCCCCCC(=O)NC(COP(=O)(O)OCC(O)COC(=O)CCCCCCCCCCC/C=C/CCCCCCCC)C(=O)O. The standard InChI is InChI=1S/C42H78NO10P/c1-3-5-7-9-11-13-15-16-17-18-19-20-21-22-24-26-28-30-32-34-41(46)51-35-38(44)36-52-54(49,50)53-37-39(42(47)48)43-40(45)33-31-29-27-25-23-14-12-10-8-6-4-2/h10,12,16-17,38-39,44H,3-9,11,13-15,18-37H2,1-2H3,(H,43,45)(H,47,48)(H,49,50)/b12-10-,17-16+. The van der Waals surface area contributed by atoms with Crippen molar-refractivity contribution < 1.29 is 47.8 Å². The molecule has 0 aliphatic carbocycles. The molecule has 54 heavy (non-hydrogen) atoms. The summed E-state index contributed by atoms with van der Waals surface area (Å²) in [4.78, 5) is 45.8. The number of aliphatic hydroxyl groups is 1. The monoisotopic (exact) mass is 788 g/mol. The third-order valence-corrected chi connectivity index (χ3v) is 10.2. The van der Waals surface area contributed by atoms with Crippen LogP contribution in [0.25, 0.3) is 0 Å². The number of rotatable bonds is 40. The molecule has 0 radical (unpaired) electrons. The number of hydrogen-bond acceptors (Lipinski definition) is 8. The van der Waals surface area contributed by atoms with Crippen molar-refractivity contribution in [2.24, 2.45) is 0 Å². The Labute approximate surface area is 328 Å². The van der Waals surface area contributed by atoms with Crippen molar-refractivity contribution in [2.45, 2.75) is 206 Å². The minimum absolute atomic E-state index is 0.136. The molecule has 0 aliphatic heterocycles. The predicted octanol–water partition coefficient (Wildman–Crippen LogP) is 10.7. The Bertz CT molecular complexity index is 1020. The summed E-state index contributed by atoms with van der Waals surface area (Å²) in [7, 11) is -4.75. The van der Waals surface area contributed by atoms with Gasteiger partial charge in [-0.25, -0.2) is 9.36 Å². The van der Waals surface area contributed by atoms with Crippen molar-refractivity contribution in [1.82, 2.24) is 5.32 Å². The van der Waals surface area contributed by atoms with Gasteiger partial charge in [-0.05, 0) is 57.8 Å². The minimum atomic E-state index is -4.75. The van der Waals surface area contributed by atoms with E-state index in [0.29, 0.717) is 12.8 Å². The number of esters is 1. The molecule has 0 aliphatic rings. The molecule has 0 saturated carbocycles. The molecule has 3 unspecified atom stereocenters. The number of carbonyl (C=O) groups excluding carboxylic acids is 2. The highest BCUT2D eigenvalue weighted by Gasteiger charge is 2.28. The van der Waals surface area contributed by atoms with E-state index in [2.05, 4.69) is 43.5 Å². The van der Waals surface area contributed by atoms with E-state index < -0.39 is 57.6 Å². The Balaban J connectivity index is 3.87. The first-order chi connectivity index (χ1) is 26.1. The van der Waals surface area contributed by atoms with Gasteiger partial charge in [0.25, 0.3) is 0 Å². The topological polar surface area (TPSA) is 169 Å². The number of ether oxygens (including phenoxy) is 1. The Kier molecular flexibility index (Phi) is 36.4. The van der Waals surface area contributed by atoms with Crippen molar-refractivity contribution in [3.8, 4) is 0 Å². The van der Waals surface area contributed by atoms with Crippen molar-refractivity contribution >= 4 is 25.7 Å². The molecule has 0 aromatic heterocycles. The fourth-order valence-corrected chi connectivity index (χ4v) is 6.59. The number of amides is 1. The van der Waals surface area contributed by atoms with E-state index in [0.717, 1.165) is 57.8 Å². The average Bonchev–Trinajstić information content (AvgIpc) is 3.14. The van der Waals surface area contributed by atoms with Gasteiger partial charge in [-0.15, -0.1) is 0 Å². The van der Waals surface area contributed by atoms with Crippen LogP contribution in [-0.4, -0.2) is 64.9 Å². The second kappa shape index (κ2) is 37.9. The molecule has 12 heteroatoms. The lowest BCUT2D eigenvalue weighted by Gasteiger charge is -2.18. The minimum Gasteiger partial charge on any atom is -0.480 e. The van der Waals surface area contributed by atoms with Gasteiger partial charge >= 0.3 is 19.8 Å². The van der Waals surface area contributed by atoms with Crippen LogP contribution in [0.5, 0.6) is 0 Å². The van der Waals surface area contributed by atoms with Gasteiger partial charge in [0, 0.05) is 12.8 Å². The van der Waals surface area contributed by atoms with Gasteiger partial charge in [0.1, 0.15) is 12.7 Å². The number of nitrogens with one attached hydrogen (secondary N) is 1. The van der Waals surface area contributed by atoms with Crippen LogP contribution < -0.4 is 5.32 Å². The predicted molar refractivity (Wildman–Crippen MR) is 217 cm³/mol. The zero-order chi connectivity index (χ0) is 40.0. The van der Waals surface area contributed by atoms with E-state index in [1.54, 1.807) is 0 Å². The number of carbonyl (C=O) groups is 3. The van der Waals surface area contributed by atoms with Crippen LogP contribution in [0.15, 0.2) is 24.3 Å². The molecule has 0 saturated heterocycles. The van der Waals surface area contributed by atoms with Crippen molar-refractivity contribution in [1.29, 1.82) is 0 Å². The molecule has 0 bridgehead atoms. The fraction of sp³-hybridized carbons (Fsp3) is 0.833. The van der Waals surface area contributed by atoms with Gasteiger partial charge < -0.3 is 25.2 Å². The molecule has 0 fully saturated rings. The maximum atomic E-state index is 12.2. The molecule has 4 N–H and O–H groups in total. The molecule has 0 aromatic rings. The molecule has 316 valence electrons. The van der Waals surface area contributed by atoms with Crippen LogP contribution in [0.1, 0.15) is 194 Å². The summed E-state index contributed by atoms with van der Waals surface area (Å²) in [6.45, 7) is 2.53. The zero-order valence-electron chi connectivity index (χ0n) is 34.0. The summed E-state index contributed by atoms with van der Waals surface area (Å²) in [6.07, 6.45) is 37.8. The second-order valence-electron chi connectivity index (χ2n) is 14.5. The van der Waals surface area contributed by atoms with E-state index in [9.17, 15) is 34.1 Å². The summed E-state index contributed by atoms with van der Waals surface area (Å²) in [5, 5.41) is 21.8. The number of aliphatic hydroxyl groups excluding tert-OH is 1. The quantitative estimate of drug-likeness (QED) is 0.0203. The number of unbranched alkanes of at least 4 members (excludes halogenated alkanes) is 22. The zero-order valence-corrected chi connectivity index (χ0v) is 34.9. The number of carboxylic acids is 1. The maximum Gasteiger partial charge on any atom is 0.472 e. The summed E-state index contributed by atoms with van der Waals surface area (Å²) in [6, 6.07) is -1.55. The normalized spacial score (nSPS) is 14.0.